The van der Waals surface area contributed by atoms with Crippen LogP contribution in [0.2, 0.25) is 4.82 Å². The van der Waals surface area contributed by atoms with Crippen LogP contribution in [0.1, 0.15) is 19.4 Å². The van der Waals surface area contributed by atoms with Gasteiger partial charge < -0.3 is 0 Å². The first-order chi connectivity index (χ1) is 10.9. The first kappa shape index (κ1) is 19.8. The minimum atomic E-state index is -4.95. The molecule has 1 aromatic rings. The molecule has 1 heterocycles. The van der Waals surface area contributed by atoms with Gasteiger partial charge in [0, 0.05) is 0 Å². The van der Waals surface area contributed by atoms with E-state index in [0.717, 1.165) is 0 Å². The van der Waals surface area contributed by atoms with Crippen LogP contribution in [0.4, 0.5) is 5.69 Å². The first-order valence-corrected chi connectivity index (χ1v) is 12.2. The third kappa shape index (κ3) is 4.37. The summed E-state index contributed by atoms with van der Waals surface area (Å²) in [5.74, 6) is -0.00284. The summed E-state index contributed by atoms with van der Waals surface area (Å²) in [5.41, 5.74) is 1.07. The molecule has 11 heteroatoms. The van der Waals surface area contributed by atoms with E-state index in [2.05, 4.69) is 0 Å². The normalized spacial score (nSPS) is 22.5. The van der Waals surface area contributed by atoms with Crippen LogP contribution in [0.25, 0.3) is 0 Å². The van der Waals surface area contributed by atoms with Crippen LogP contribution in [-0.4, -0.2) is 46.1 Å². The van der Waals surface area contributed by atoms with Crippen molar-refractivity contribution in [2.75, 3.05) is 3.92 Å². The Balaban J connectivity index is 2.19. The number of carbonyl (C=O) groups excluding carboxylic acids is 1. The van der Waals surface area contributed by atoms with Crippen LogP contribution in [0.3, 0.4) is 0 Å². The molecular weight excluding hydrogens is 423 g/mol. The van der Waals surface area contributed by atoms with Gasteiger partial charge in [0.2, 0.25) is 0 Å². The summed E-state index contributed by atoms with van der Waals surface area (Å²) in [6.07, 6.45) is -0.444. The fraction of sp³-hybridized carbons (Fsp3) is 0.462. The van der Waals surface area contributed by atoms with Gasteiger partial charge in [-0.15, -0.1) is 0 Å². The molecule has 0 bridgehead atoms. The SMILES string of the molecule is CC1[Se]N(c2ccc(CC(P(=O)(O)O)P(=O)(O)O)cc2)C(=O)C1C. The third-order valence-electron chi connectivity index (χ3n) is 3.93. The second-order valence-corrected chi connectivity index (χ2v) is 12.5. The summed E-state index contributed by atoms with van der Waals surface area (Å²) in [7, 11) is -9.89. The van der Waals surface area contributed by atoms with E-state index in [0.29, 0.717) is 16.1 Å². The van der Waals surface area contributed by atoms with Gasteiger partial charge in [-0.2, -0.15) is 0 Å². The molecule has 2 unspecified atom stereocenters. The van der Waals surface area contributed by atoms with Crippen molar-refractivity contribution in [3.8, 4) is 0 Å². The van der Waals surface area contributed by atoms with Gasteiger partial charge in [0.25, 0.3) is 0 Å². The van der Waals surface area contributed by atoms with E-state index in [1.807, 2.05) is 13.8 Å². The van der Waals surface area contributed by atoms with Gasteiger partial charge >= 0.3 is 146 Å². The van der Waals surface area contributed by atoms with Crippen molar-refractivity contribution in [2.45, 2.75) is 30.5 Å². The quantitative estimate of drug-likeness (QED) is 0.399. The number of benzene rings is 1. The zero-order chi connectivity index (χ0) is 18.3. The summed E-state index contributed by atoms with van der Waals surface area (Å²) in [6, 6.07) is 6.33. The Hall–Kier alpha value is -0.491. The van der Waals surface area contributed by atoms with Crippen molar-refractivity contribution < 1.29 is 33.5 Å². The summed E-state index contributed by atoms with van der Waals surface area (Å²) in [4.78, 5) is 49.1. The van der Waals surface area contributed by atoms with Gasteiger partial charge in [-0.25, -0.2) is 0 Å². The zero-order valence-electron chi connectivity index (χ0n) is 13.0. The molecule has 1 fully saturated rings. The second kappa shape index (κ2) is 7.02. The van der Waals surface area contributed by atoms with Crippen molar-refractivity contribution in [3.63, 3.8) is 0 Å². The molecule has 1 aromatic carbocycles. The standard InChI is InChI=1S/C13H19NO7P2Se/c1-8-9(2)24-14(13(8)15)11-5-3-10(4-6-11)7-12(22(16,17)18)23(19,20)21/h3-6,8-9,12H,7H2,1-2H3,(H2,16,17,18)(H2,19,20,21). The Morgan fingerprint density at radius 2 is 1.58 bits per heavy atom. The Bertz CT molecular complexity index is 692. The Kier molecular flexibility index (Phi) is 5.80. The molecule has 1 amide bonds. The van der Waals surface area contributed by atoms with Crippen molar-refractivity contribution in [1.29, 1.82) is 0 Å². The Morgan fingerprint density at radius 1 is 1.08 bits per heavy atom. The fourth-order valence-corrected chi connectivity index (χ4v) is 7.16. The average Bonchev–Trinajstić information content (AvgIpc) is 2.71. The topological polar surface area (TPSA) is 135 Å². The molecule has 0 aromatic heterocycles. The molecule has 2 atom stereocenters. The number of amides is 1. The predicted octanol–water partition coefficient (Wildman–Crippen LogP) is 1.32. The van der Waals surface area contributed by atoms with Crippen molar-refractivity contribution in [2.24, 2.45) is 5.92 Å². The second-order valence-electron chi connectivity index (χ2n) is 5.76. The molecule has 2 rings (SSSR count). The summed E-state index contributed by atoms with van der Waals surface area (Å²) < 4.78 is 24.4. The van der Waals surface area contributed by atoms with E-state index in [9.17, 15) is 13.9 Å². The van der Waals surface area contributed by atoms with Crippen molar-refractivity contribution in [1.82, 2.24) is 0 Å². The zero-order valence-corrected chi connectivity index (χ0v) is 16.5. The average molecular weight is 442 g/mol. The van der Waals surface area contributed by atoms with E-state index in [-0.39, 0.29) is 27.0 Å². The first-order valence-electron chi connectivity index (χ1n) is 7.11. The molecule has 0 saturated carbocycles. The van der Waals surface area contributed by atoms with Gasteiger partial charge in [0.1, 0.15) is 0 Å². The molecule has 0 spiro atoms. The number of hydrogen-bond acceptors (Lipinski definition) is 3. The maximum atomic E-state index is 12.2. The van der Waals surface area contributed by atoms with Gasteiger partial charge in [0.15, 0.2) is 0 Å². The maximum absolute atomic E-state index is 12.2. The van der Waals surface area contributed by atoms with Gasteiger partial charge in [-0.05, 0) is 0 Å². The van der Waals surface area contributed by atoms with E-state index in [1.165, 1.54) is 12.1 Å². The van der Waals surface area contributed by atoms with Crippen molar-refractivity contribution in [3.05, 3.63) is 29.8 Å². The monoisotopic (exact) mass is 443 g/mol. The molecule has 0 radical (unpaired) electrons. The summed E-state index contributed by atoms with van der Waals surface area (Å²) >= 11 is -0.0155. The number of carbonyl (C=O) groups is 1. The molecule has 1 aliphatic heterocycles. The van der Waals surface area contributed by atoms with E-state index in [1.54, 1.807) is 16.0 Å². The summed E-state index contributed by atoms with van der Waals surface area (Å²) in [6.45, 7) is 3.90. The molecule has 1 saturated heterocycles. The molecule has 24 heavy (non-hydrogen) atoms. The number of rotatable bonds is 5. The van der Waals surface area contributed by atoms with E-state index >= 15 is 0 Å². The van der Waals surface area contributed by atoms with Gasteiger partial charge in [-0.1, -0.05) is 0 Å². The molecule has 0 aliphatic carbocycles. The van der Waals surface area contributed by atoms with Crippen LogP contribution < -0.4 is 3.92 Å². The summed E-state index contributed by atoms with van der Waals surface area (Å²) in [5, 5.41) is -2.06. The van der Waals surface area contributed by atoms with Crippen LogP contribution in [-0.2, 0) is 20.3 Å². The Labute approximate surface area is 145 Å². The predicted molar refractivity (Wildman–Crippen MR) is 89.9 cm³/mol. The van der Waals surface area contributed by atoms with Crippen molar-refractivity contribution >= 4 is 42.0 Å². The van der Waals surface area contributed by atoms with Crippen LogP contribution in [0, 0.1) is 5.92 Å². The number of nitrogens with zero attached hydrogens (tertiary/aromatic N) is 1. The van der Waals surface area contributed by atoms with E-state index < -0.39 is 27.0 Å². The molecule has 4 N–H and O–H groups in total. The molecule has 1 aliphatic rings. The molecule has 134 valence electrons. The number of anilines is 1. The fourth-order valence-electron chi connectivity index (χ4n) is 2.30. The van der Waals surface area contributed by atoms with E-state index in [4.69, 9.17) is 19.6 Å². The van der Waals surface area contributed by atoms with Crippen LogP contribution >= 0.6 is 15.2 Å². The number of hydrogen-bond donors (Lipinski definition) is 4. The minimum absolute atomic E-state index is 0.0155. The molecular formula is C13H19NO7P2Se. The van der Waals surface area contributed by atoms with Crippen LogP contribution in [0.5, 0.6) is 0 Å². The van der Waals surface area contributed by atoms with Gasteiger partial charge in [-0.3, -0.25) is 0 Å². The Morgan fingerprint density at radius 3 is 1.96 bits per heavy atom. The molecule has 8 nitrogen and oxygen atoms in total. The van der Waals surface area contributed by atoms with Gasteiger partial charge in [0.05, 0.1) is 0 Å². The third-order valence-corrected chi connectivity index (χ3v) is 10.5. The van der Waals surface area contributed by atoms with Crippen LogP contribution in [0.15, 0.2) is 24.3 Å².